The average molecular weight is 499 g/mol. The lowest BCUT2D eigenvalue weighted by Crippen LogP contribution is -2.55. The predicted octanol–water partition coefficient (Wildman–Crippen LogP) is 8.09. The van der Waals surface area contributed by atoms with E-state index in [1.165, 1.54) is 10.6 Å². The first-order valence-corrected chi connectivity index (χ1v) is 18.8. The first kappa shape index (κ1) is 28.5. The Morgan fingerprint density at radius 2 is 0.606 bits per heavy atom. The van der Waals surface area contributed by atoms with Gasteiger partial charge in [0, 0.05) is 0 Å². The highest BCUT2D eigenvalue weighted by atomic mass is 31.1. The van der Waals surface area contributed by atoms with Gasteiger partial charge in [-0.1, -0.05) is 151 Å². The van der Waals surface area contributed by atoms with Crippen molar-refractivity contribution in [2.75, 3.05) is 0 Å². The van der Waals surface area contributed by atoms with E-state index in [0.717, 1.165) is 41.8 Å². The van der Waals surface area contributed by atoms with E-state index in [2.05, 4.69) is 132 Å². The van der Waals surface area contributed by atoms with Crippen LogP contribution < -0.4 is 21.0 Å². The van der Waals surface area contributed by atoms with Crippen LogP contribution in [0.5, 0.6) is 0 Å². The van der Waals surface area contributed by atoms with Crippen LogP contribution in [0.1, 0.15) is 83.1 Å². The van der Waals surface area contributed by atoms with Crippen LogP contribution in [0.4, 0.5) is 0 Å². The van der Waals surface area contributed by atoms with Crippen molar-refractivity contribution in [1.29, 1.82) is 0 Å². The predicted molar refractivity (Wildman–Crippen MR) is 162 cm³/mol. The first-order valence-electron chi connectivity index (χ1n) is 13.3. The van der Waals surface area contributed by atoms with E-state index in [4.69, 9.17) is 0 Å². The topological polar surface area (TPSA) is 0 Å². The molecule has 0 aromatic heterocycles. The van der Waals surface area contributed by atoms with Crippen LogP contribution in [0.2, 0.25) is 33.2 Å². The zero-order chi connectivity index (χ0) is 25.1. The lowest BCUT2D eigenvalue weighted by atomic mass is 10.3. The summed E-state index contributed by atoms with van der Waals surface area (Å²) in [5, 5.41) is 6.22. The molecule has 0 amide bonds. The van der Waals surface area contributed by atoms with Gasteiger partial charge in [-0.05, 0) is 43.9 Å². The third kappa shape index (κ3) is 5.29. The minimum absolute atomic E-state index is 0.734. The van der Waals surface area contributed by atoms with Crippen molar-refractivity contribution < 1.29 is 0 Å². The van der Waals surface area contributed by atoms with Crippen LogP contribution in [0.15, 0.2) is 48.5 Å². The Bertz CT molecular complexity index is 744. The SMILES string of the molecule is CC(C)[Si](c1ccc(Pc2ccc([Si](C(C)C)(C(C)C)C(C)C)cc2)cc1)(C(C)C)C(C)C. The lowest BCUT2D eigenvalue weighted by molar-refractivity contribution is 0.835. The molecule has 0 aliphatic carbocycles. The molecule has 0 bridgehead atoms. The van der Waals surface area contributed by atoms with E-state index < -0.39 is 16.1 Å². The summed E-state index contributed by atoms with van der Waals surface area (Å²) in [6.45, 7) is 29.5. The minimum Gasteiger partial charge on any atom is -0.0648 e. The Morgan fingerprint density at radius 3 is 0.788 bits per heavy atom. The third-order valence-corrected chi connectivity index (χ3v) is 24.2. The summed E-state index contributed by atoms with van der Waals surface area (Å²) in [6, 6.07) is 19.6. The van der Waals surface area contributed by atoms with Crippen LogP contribution in [0.3, 0.4) is 0 Å². The van der Waals surface area contributed by atoms with E-state index in [1.807, 2.05) is 0 Å². The molecule has 0 aliphatic rings. The molecule has 0 spiro atoms. The van der Waals surface area contributed by atoms with Crippen molar-refractivity contribution in [1.82, 2.24) is 0 Å². The summed E-state index contributed by atoms with van der Waals surface area (Å²) in [5.74, 6) is 0. The molecule has 0 N–H and O–H groups in total. The van der Waals surface area contributed by atoms with Crippen molar-refractivity contribution in [2.24, 2.45) is 0 Å². The van der Waals surface area contributed by atoms with Gasteiger partial charge >= 0.3 is 0 Å². The zero-order valence-electron chi connectivity index (χ0n) is 23.6. The summed E-state index contributed by atoms with van der Waals surface area (Å²) in [6.07, 6.45) is 0. The molecule has 33 heavy (non-hydrogen) atoms. The number of rotatable bonds is 10. The molecule has 0 heterocycles. The first-order chi connectivity index (χ1) is 15.3. The zero-order valence-corrected chi connectivity index (χ0v) is 26.6. The number of hydrogen-bond donors (Lipinski definition) is 0. The minimum atomic E-state index is -1.57. The van der Waals surface area contributed by atoms with E-state index in [9.17, 15) is 0 Å². The molecular weight excluding hydrogens is 447 g/mol. The fraction of sp³-hybridized carbons (Fsp3) is 0.600. The van der Waals surface area contributed by atoms with Crippen molar-refractivity contribution in [2.45, 2.75) is 116 Å². The van der Waals surface area contributed by atoms with Gasteiger partial charge in [-0.25, -0.2) is 0 Å². The molecule has 0 aliphatic heterocycles. The molecule has 0 saturated carbocycles. The fourth-order valence-corrected chi connectivity index (χ4v) is 22.3. The van der Waals surface area contributed by atoms with Gasteiger partial charge in [-0.15, -0.1) is 0 Å². The van der Waals surface area contributed by atoms with E-state index in [0.29, 0.717) is 0 Å². The Balaban J connectivity index is 2.33. The summed E-state index contributed by atoms with van der Waals surface area (Å²) >= 11 is 0. The summed E-state index contributed by atoms with van der Waals surface area (Å²) in [7, 11) is -2.41. The van der Waals surface area contributed by atoms with Crippen molar-refractivity contribution in [3.63, 3.8) is 0 Å². The Labute approximate surface area is 210 Å². The Kier molecular flexibility index (Phi) is 9.83. The van der Waals surface area contributed by atoms with Crippen LogP contribution in [0, 0.1) is 0 Å². The molecule has 0 radical (unpaired) electrons. The largest absolute Gasteiger partial charge is 0.0942 e. The quantitative estimate of drug-likeness (QED) is 0.229. The molecule has 3 heteroatoms. The van der Waals surface area contributed by atoms with E-state index in [-0.39, 0.29) is 0 Å². The summed E-state index contributed by atoms with van der Waals surface area (Å²) in [4.78, 5) is 0. The van der Waals surface area contributed by atoms with Crippen LogP contribution in [-0.2, 0) is 0 Å². The lowest BCUT2D eigenvalue weighted by Gasteiger charge is -2.44. The van der Waals surface area contributed by atoms with Crippen LogP contribution in [-0.4, -0.2) is 16.1 Å². The van der Waals surface area contributed by atoms with Gasteiger partial charge in [0.15, 0.2) is 0 Å². The smallest absolute Gasteiger partial charge is 0.0648 e. The fourth-order valence-electron chi connectivity index (χ4n) is 7.85. The molecule has 184 valence electrons. The van der Waals surface area contributed by atoms with Gasteiger partial charge in [-0.3, -0.25) is 0 Å². The second-order valence-electron chi connectivity index (χ2n) is 12.1. The maximum Gasteiger partial charge on any atom is 0.0942 e. The molecule has 0 saturated heterocycles. The number of benzene rings is 2. The Hall–Kier alpha value is -0.696. The summed E-state index contributed by atoms with van der Waals surface area (Å²) in [5.41, 5.74) is 4.53. The molecule has 0 nitrogen and oxygen atoms in total. The molecular formula is C30H51PSi2. The number of hydrogen-bond acceptors (Lipinski definition) is 0. The monoisotopic (exact) mass is 498 g/mol. The van der Waals surface area contributed by atoms with Crippen LogP contribution >= 0.6 is 8.58 Å². The van der Waals surface area contributed by atoms with Gasteiger partial charge in [0.25, 0.3) is 0 Å². The highest BCUT2D eigenvalue weighted by molar-refractivity contribution is 7.55. The van der Waals surface area contributed by atoms with Crippen molar-refractivity contribution in [3.05, 3.63) is 48.5 Å². The van der Waals surface area contributed by atoms with E-state index >= 15 is 0 Å². The molecule has 0 fully saturated rings. The highest BCUT2D eigenvalue weighted by Gasteiger charge is 2.45. The second-order valence-corrected chi connectivity index (χ2v) is 25.3. The van der Waals surface area contributed by atoms with Gasteiger partial charge in [0.2, 0.25) is 0 Å². The maximum atomic E-state index is 2.48. The molecule has 2 aromatic carbocycles. The highest BCUT2D eigenvalue weighted by Crippen LogP contribution is 2.42. The maximum absolute atomic E-state index is 2.48. The molecule has 0 atom stereocenters. The molecule has 0 unspecified atom stereocenters. The van der Waals surface area contributed by atoms with Gasteiger partial charge in [0.05, 0.1) is 16.1 Å². The van der Waals surface area contributed by atoms with Crippen LogP contribution in [0.25, 0.3) is 0 Å². The third-order valence-electron chi connectivity index (χ3n) is 8.79. The van der Waals surface area contributed by atoms with E-state index in [1.54, 1.807) is 10.4 Å². The molecule has 2 rings (SSSR count). The standard InChI is InChI=1S/C30H51PSi2/c1-21(2)32(22(3)4,23(5)6)29-17-13-27(14-18-29)31-28-15-19-30(20-16-28)33(24(7)8,25(9)10)26(11)12/h13-26,31H,1-12H3. The van der Waals surface area contributed by atoms with Crippen molar-refractivity contribution >= 4 is 45.7 Å². The Morgan fingerprint density at radius 1 is 0.394 bits per heavy atom. The molecule has 2 aromatic rings. The average Bonchev–Trinajstić information content (AvgIpc) is 2.69. The van der Waals surface area contributed by atoms with Gasteiger partial charge in [0.1, 0.15) is 0 Å². The summed E-state index contributed by atoms with van der Waals surface area (Å²) < 4.78 is 0. The van der Waals surface area contributed by atoms with Gasteiger partial charge in [-0.2, -0.15) is 0 Å². The van der Waals surface area contributed by atoms with Crippen molar-refractivity contribution in [3.8, 4) is 0 Å². The second kappa shape index (κ2) is 11.4. The van der Waals surface area contributed by atoms with Gasteiger partial charge < -0.3 is 0 Å². The normalized spacial score (nSPS) is 13.4.